The lowest BCUT2D eigenvalue weighted by molar-refractivity contribution is -0.114. The molecule has 3 nitrogen and oxygen atoms in total. The number of carbonyl (C=O) groups is 1. The summed E-state index contributed by atoms with van der Waals surface area (Å²) in [6.45, 7) is 2.55. The fourth-order valence-corrected chi connectivity index (χ4v) is 3.71. The Morgan fingerprint density at radius 2 is 2.10 bits per heavy atom. The van der Waals surface area contributed by atoms with Crippen LogP contribution in [0.3, 0.4) is 0 Å². The smallest absolute Gasteiger partial charge is 0.164 e. The fourth-order valence-electron chi connectivity index (χ4n) is 2.16. The Balaban J connectivity index is 2.23. The highest BCUT2D eigenvalue weighted by molar-refractivity contribution is 8.03. The van der Waals surface area contributed by atoms with Gasteiger partial charge in [-0.05, 0) is 19.1 Å². The third-order valence-corrected chi connectivity index (χ3v) is 5.07. The Kier molecular flexibility index (Phi) is 6.11. The number of Topliss-reactive ketones (excluding diaryl/α,β-unsaturated/α-hetero) is 1. The van der Waals surface area contributed by atoms with Gasteiger partial charge >= 0.3 is 0 Å². The summed E-state index contributed by atoms with van der Waals surface area (Å²) in [5.41, 5.74) is 0.773. The van der Waals surface area contributed by atoms with Gasteiger partial charge in [0.2, 0.25) is 0 Å². The van der Waals surface area contributed by atoms with Gasteiger partial charge in [-0.25, -0.2) is 0 Å². The van der Waals surface area contributed by atoms with E-state index in [-0.39, 0.29) is 24.9 Å². The maximum atomic E-state index is 12.0. The number of hydrogen-bond donors (Lipinski definition) is 1. The molecule has 1 atom stereocenters. The second kappa shape index (κ2) is 7.84. The Morgan fingerprint density at radius 1 is 1.38 bits per heavy atom. The van der Waals surface area contributed by atoms with Gasteiger partial charge in [-0.15, -0.1) is 0 Å². The molecular weight excluding hydrogens is 304 g/mol. The van der Waals surface area contributed by atoms with Crippen molar-refractivity contribution in [2.75, 3.05) is 19.8 Å². The number of rotatable bonds is 6. The number of hydrogen-bond acceptors (Lipinski definition) is 5. The van der Waals surface area contributed by atoms with Crippen LogP contribution in [-0.4, -0.2) is 35.6 Å². The first-order chi connectivity index (χ1) is 10.1. The van der Waals surface area contributed by atoms with Crippen molar-refractivity contribution in [3.8, 4) is 0 Å². The molecule has 1 aromatic carbocycles. The summed E-state index contributed by atoms with van der Waals surface area (Å²) < 4.78 is 5.45. The Morgan fingerprint density at radius 3 is 2.76 bits per heavy atom. The molecule has 0 heterocycles. The average molecular weight is 322 g/mol. The molecule has 0 saturated carbocycles. The molecule has 1 aliphatic carbocycles. The predicted molar refractivity (Wildman–Crippen MR) is 88.6 cm³/mol. The molecule has 0 saturated heterocycles. The highest BCUT2D eigenvalue weighted by Crippen LogP contribution is 2.39. The first kappa shape index (κ1) is 16.4. The summed E-state index contributed by atoms with van der Waals surface area (Å²) in [5, 5.41) is 8.83. The minimum Gasteiger partial charge on any atom is -0.394 e. The van der Waals surface area contributed by atoms with Crippen molar-refractivity contribution in [3.63, 3.8) is 0 Å². The number of carbonyl (C=O) groups excluding carboxylic acids is 1. The van der Waals surface area contributed by atoms with Gasteiger partial charge in [0, 0.05) is 32.6 Å². The van der Waals surface area contributed by atoms with Crippen molar-refractivity contribution in [2.45, 2.75) is 18.2 Å². The van der Waals surface area contributed by atoms with E-state index in [1.807, 2.05) is 37.3 Å². The Labute approximate surface area is 134 Å². The third-order valence-electron chi connectivity index (χ3n) is 3.32. The number of ether oxygens (including phenoxy) is 1. The lowest BCUT2D eigenvalue weighted by Crippen LogP contribution is -2.29. The Hall–Kier alpha value is -1.01. The molecule has 21 heavy (non-hydrogen) atoms. The lowest BCUT2D eigenvalue weighted by atomic mass is 9.90. The summed E-state index contributed by atoms with van der Waals surface area (Å²) in [7, 11) is 0. The minimum absolute atomic E-state index is 0.0116. The van der Waals surface area contributed by atoms with Crippen LogP contribution in [-0.2, 0) is 9.53 Å². The monoisotopic (exact) mass is 322 g/mol. The predicted octanol–water partition coefficient (Wildman–Crippen LogP) is 3.02. The van der Waals surface area contributed by atoms with E-state index in [0.29, 0.717) is 13.0 Å². The maximum Gasteiger partial charge on any atom is 0.164 e. The molecule has 2 rings (SSSR count). The zero-order chi connectivity index (χ0) is 15.2. The highest BCUT2D eigenvalue weighted by Gasteiger charge is 2.31. The van der Waals surface area contributed by atoms with Gasteiger partial charge in [0.15, 0.2) is 5.78 Å². The molecule has 0 bridgehead atoms. The third kappa shape index (κ3) is 4.23. The number of thiocarbonyl (C=S) groups is 1. The van der Waals surface area contributed by atoms with Crippen LogP contribution in [0, 0.1) is 5.92 Å². The molecule has 1 aromatic rings. The van der Waals surface area contributed by atoms with Crippen LogP contribution in [0.15, 0.2) is 45.7 Å². The van der Waals surface area contributed by atoms with Crippen molar-refractivity contribution in [3.05, 3.63) is 40.8 Å². The zero-order valence-electron chi connectivity index (χ0n) is 11.9. The van der Waals surface area contributed by atoms with Crippen LogP contribution < -0.4 is 0 Å². The molecule has 5 heteroatoms. The molecule has 1 unspecified atom stereocenters. The normalized spacial score (nSPS) is 19.2. The zero-order valence-corrected chi connectivity index (χ0v) is 13.5. The molecule has 0 radical (unpaired) electrons. The van der Waals surface area contributed by atoms with E-state index in [1.54, 1.807) is 11.8 Å². The molecule has 1 N–H and O–H groups in total. The van der Waals surface area contributed by atoms with Crippen LogP contribution >= 0.6 is 24.0 Å². The molecule has 0 amide bonds. The molecular formula is C16H18O3S2. The second-order valence-corrected chi connectivity index (χ2v) is 6.46. The van der Waals surface area contributed by atoms with Crippen molar-refractivity contribution in [2.24, 2.45) is 5.92 Å². The van der Waals surface area contributed by atoms with Gasteiger partial charge in [-0.3, -0.25) is 4.79 Å². The number of aliphatic hydroxyl groups is 1. The van der Waals surface area contributed by atoms with E-state index in [0.717, 1.165) is 20.2 Å². The van der Waals surface area contributed by atoms with Crippen molar-refractivity contribution in [1.82, 2.24) is 0 Å². The molecule has 0 aliphatic heterocycles. The van der Waals surface area contributed by atoms with E-state index in [2.05, 4.69) is 0 Å². The fraction of sp³-hybridized carbons (Fsp3) is 0.375. The molecule has 0 fully saturated rings. The largest absolute Gasteiger partial charge is 0.394 e. The van der Waals surface area contributed by atoms with Crippen molar-refractivity contribution < 1.29 is 14.6 Å². The average Bonchev–Trinajstić information content (AvgIpc) is 2.49. The van der Waals surface area contributed by atoms with Crippen LogP contribution in [0.5, 0.6) is 0 Å². The van der Waals surface area contributed by atoms with Crippen molar-refractivity contribution in [1.29, 1.82) is 0 Å². The standard InChI is InChI=1S/C16H18O3S2/c1-11-14(18)9-15(20)13(10-19-8-7-17)16(11)21-12-5-3-2-4-6-12/h2-6,13,17H,7-10H2,1H3. The SMILES string of the molecule is CC1=C(Sc2ccccc2)C(COCCO)C(=S)CC1=O. The number of benzene rings is 1. The van der Waals surface area contributed by atoms with Gasteiger partial charge in [0.25, 0.3) is 0 Å². The Bertz CT molecular complexity index is 552. The summed E-state index contributed by atoms with van der Waals surface area (Å²) in [4.78, 5) is 14.8. The molecule has 0 aromatic heterocycles. The molecule has 112 valence electrons. The number of allylic oxidation sites excluding steroid dienone is 1. The number of ketones is 1. The van der Waals surface area contributed by atoms with E-state index < -0.39 is 0 Å². The molecule has 0 spiro atoms. The first-order valence-electron chi connectivity index (χ1n) is 6.81. The highest BCUT2D eigenvalue weighted by atomic mass is 32.2. The first-order valence-corrected chi connectivity index (χ1v) is 8.04. The minimum atomic E-state index is -0.0468. The van der Waals surface area contributed by atoms with Gasteiger partial charge in [0.05, 0.1) is 19.8 Å². The van der Waals surface area contributed by atoms with Gasteiger partial charge in [0.1, 0.15) is 0 Å². The van der Waals surface area contributed by atoms with Gasteiger partial charge < -0.3 is 9.84 Å². The van der Waals surface area contributed by atoms with Crippen LogP contribution in [0.25, 0.3) is 0 Å². The van der Waals surface area contributed by atoms with Crippen LogP contribution in [0.1, 0.15) is 13.3 Å². The summed E-state index contributed by atoms with van der Waals surface area (Å²) in [6.07, 6.45) is 0.313. The van der Waals surface area contributed by atoms with E-state index in [9.17, 15) is 4.79 Å². The number of aliphatic hydroxyl groups excluding tert-OH is 1. The van der Waals surface area contributed by atoms with E-state index >= 15 is 0 Å². The van der Waals surface area contributed by atoms with Crippen LogP contribution in [0.2, 0.25) is 0 Å². The van der Waals surface area contributed by atoms with E-state index in [1.165, 1.54) is 0 Å². The lowest BCUT2D eigenvalue weighted by Gasteiger charge is -2.27. The maximum absolute atomic E-state index is 12.0. The second-order valence-electron chi connectivity index (χ2n) is 4.82. The van der Waals surface area contributed by atoms with Crippen LogP contribution in [0.4, 0.5) is 0 Å². The molecule has 1 aliphatic rings. The quantitative estimate of drug-likeness (QED) is 0.644. The summed E-state index contributed by atoms with van der Waals surface area (Å²) in [5.74, 6) is 0.0475. The van der Waals surface area contributed by atoms with Gasteiger partial charge in [-0.2, -0.15) is 0 Å². The summed E-state index contributed by atoms with van der Waals surface area (Å²) in [6, 6.07) is 9.93. The van der Waals surface area contributed by atoms with Gasteiger partial charge in [-0.1, -0.05) is 42.2 Å². The summed E-state index contributed by atoms with van der Waals surface area (Å²) >= 11 is 6.96. The van der Waals surface area contributed by atoms with E-state index in [4.69, 9.17) is 22.1 Å². The van der Waals surface area contributed by atoms with Crippen molar-refractivity contribution >= 4 is 34.6 Å². The topological polar surface area (TPSA) is 46.5 Å². The number of thioether (sulfide) groups is 1.